The molecule has 0 fully saturated rings. The summed E-state index contributed by atoms with van der Waals surface area (Å²) >= 11 is 0. The Labute approximate surface area is 276 Å². The zero-order valence-electron chi connectivity index (χ0n) is 21.2. The van der Waals surface area contributed by atoms with Crippen molar-refractivity contribution in [3.63, 3.8) is 0 Å². The molecule has 0 radical (unpaired) electrons. The number of rotatable bonds is 7. The van der Waals surface area contributed by atoms with Crippen molar-refractivity contribution in [1.29, 1.82) is 0 Å². The molecule has 0 aliphatic carbocycles. The van der Waals surface area contributed by atoms with Crippen molar-refractivity contribution in [2.24, 2.45) is 20.5 Å². The molecular formula is C22H14N6Na2O9S2. The molecule has 0 aromatic heterocycles. The first-order chi connectivity index (χ1) is 18.3. The normalized spacial score (nSPS) is 11.9. The van der Waals surface area contributed by atoms with Crippen molar-refractivity contribution in [1.82, 2.24) is 0 Å². The van der Waals surface area contributed by atoms with Gasteiger partial charge in [0.1, 0.15) is 31.6 Å². The number of benzene rings is 4. The summed E-state index contributed by atoms with van der Waals surface area (Å²) in [7, 11) is -10.6. The van der Waals surface area contributed by atoms with E-state index in [4.69, 9.17) is 5.73 Å². The monoisotopic (exact) mass is 616 g/mol. The van der Waals surface area contributed by atoms with Gasteiger partial charge in [0.2, 0.25) is 0 Å². The average Bonchev–Trinajstić information content (AvgIpc) is 2.86. The van der Waals surface area contributed by atoms with Crippen LogP contribution in [0.2, 0.25) is 0 Å². The topological polar surface area (TPSA) is 253 Å². The first-order valence-electron chi connectivity index (χ1n) is 10.4. The number of azo groups is 2. The van der Waals surface area contributed by atoms with E-state index in [1.54, 1.807) is 18.2 Å². The summed E-state index contributed by atoms with van der Waals surface area (Å²) in [5, 5.41) is 36.0. The van der Waals surface area contributed by atoms with Crippen molar-refractivity contribution >= 4 is 65.1 Å². The van der Waals surface area contributed by atoms with E-state index in [0.717, 1.165) is 6.07 Å². The number of phenolic OH excluding ortho intramolecular Hbond substituents is 1. The SMILES string of the molecule is Nc1c(/N=N/c2cccc([N+](=O)[O-])c2)c(S(=O)(=O)[O-])cc2cc(S(=O)(=O)[O-])c(/N=N/c3ccccc3)c(O)c12.[Na+].[Na+]. The van der Waals surface area contributed by atoms with Crippen LogP contribution in [-0.4, -0.2) is 36.0 Å². The number of hydrogen-bond acceptors (Lipinski definition) is 14. The van der Waals surface area contributed by atoms with Gasteiger partial charge < -0.3 is 19.9 Å². The fraction of sp³-hybridized carbons (Fsp3) is 0. The third kappa shape index (κ3) is 7.72. The predicted octanol–water partition coefficient (Wildman–Crippen LogP) is -1.32. The predicted molar refractivity (Wildman–Crippen MR) is 134 cm³/mol. The van der Waals surface area contributed by atoms with Gasteiger partial charge in [0.15, 0.2) is 5.75 Å². The summed E-state index contributed by atoms with van der Waals surface area (Å²) in [4.78, 5) is 8.18. The van der Waals surface area contributed by atoms with E-state index in [0.29, 0.717) is 12.1 Å². The second-order valence-electron chi connectivity index (χ2n) is 7.73. The number of nitro groups is 1. The van der Waals surface area contributed by atoms with E-state index >= 15 is 0 Å². The number of nitrogens with zero attached hydrogens (tertiary/aromatic N) is 5. The Hall–Kier alpha value is -2.84. The van der Waals surface area contributed by atoms with E-state index in [1.165, 1.54) is 30.3 Å². The Kier molecular flexibility index (Phi) is 11.3. The van der Waals surface area contributed by atoms with Crippen molar-refractivity contribution in [2.75, 3.05) is 5.73 Å². The van der Waals surface area contributed by atoms with Crippen LogP contribution in [0, 0.1) is 10.1 Å². The van der Waals surface area contributed by atoms with Crippen LogP contribution in [-0.2, 0) is 20.2 Å². The summed E-state index contributed by atoms with van der Waals surface area (Å²) < 4.78 is 72.0. The van der Waals surface area contributed by atoms with Crippen molar-refractivity contribution in [3.8, 4) is 5.75 Å². The molecule has 0 amide bonds. The van der Waals surface area contributed by atoms with Gasteiger partial charge in [0, 0.05) is 12.1 Å². The van der Waals surface area contributed by atoms with E-state index in [-0.39, 0.29) is 76.2 Å². The molecule has 3 N–H and O–H groups in total. The Morgan fingerprint density at radius 3 is 1.80 bits per heavy atom. The first kappa shape index (κ1) is 34.4. The molecule has 0 aliphatic heterocycles. The van der Waals surface area contributed by atoms with E-state index in [2.05, 4.69) is 20.5 Å². The number of hydrogen-bond donors (Lipinski definition) is 2. The average molecular weight is 617 g/mol. The smallest absolute Gasteiger partial charge is 0.744 e. The summed E-state index contributed by atoms with van der Waals surface area (Å²) in [5.41, 5.74) is 3.66. The third-order valence-corrected chi connectivity index (χ3v) is 6.88. The minimum absolute atomic E-state index is 0. The first-order valence-corrected chi connectivity index (χ1v) is 13.3. The van der Waals surface area contributed by atoms with Gasteiger partial charge in [-0.15, -0.1) is 10.2 Å². The van der Waals surface area contributed by atoms with Gasteiger partial charge in [-0.1, -0.05) is 24.3 Å². The molecule has 0 atom stereocenters. The number of aromatic hydroxyl groups is 1. The molecule has 4 aromatic carbocycles. The molecule has 200 valence electrons. The van der Waals surface area contributed by atoms with Crippen LogP contribution in [0.3, 0.4) is 0 Å². The van der Waals surface area contributed by atoms with Crippen LogP contribution in [0.5, 0.6) is 5.75 Å². The molecule has 0 saturated carbocycles. The molecular weight excluding hydrogens is 602 g/mol. The second kappa shape index (κ2) is 13.4. The number of phenols is 1. The minimum atomic E-state index is -5.33. The van der Waals surface area contributed by atoms with Crippen molar-refractivity contribution in [3.05, 3.63) is 76.8 Å². The Morgan fingerprint density at radius 1 is 0.732 bits per heavy atom. The summed E-state index contributed by atoms with van der Waals surface area (Å²) in [5.74, 6) is -0.972. The molecule has 15 nitrogen and oxygen atoms in total. The van der Waals surface area contributed by atoms with Gasteiger partial charge in [0.05, 0.1) is 37.2 Å². The second-order valence-corrected chi connectivity index (χ2v) is 10.4. The van der Waals surface area contributed by atoms with Crippen LogP contribution in [0.1, 0.15) is 0 Å². The van der Waals surface area contributed by atoms with Crippen LogP contribution < -0.4 is 64.8 Å². The molecule has 0 aliphatic rings. The van der Waals surface area contributed by atoms with Crippen LogP contribution >= 0.6 is 0 Å². The third-order valence-electron chi connectivity index (χ3n) is 5.18. The number of non-ortho nitro benzene ring substituents is 1. The fourth-order valence-corrected chi connectivity index (χ4v) is 4.78. The van der Waals surface area contributed by atoms with E-state index in [1.807, 2.05) is 0 Å². The number of nitrogens with two attached hydrogens (primary N) is 1. The Morgan fingerprint density at radius 2 is 1.24 bits per heavy atom. The molecule has 0 saturated heterocycles. The Balaban J connectivity index is 0.00000294. The van der Waals surface area contributed by atoms with E-state index in [9.17, 15) is 41.2 Å². The minimum Gasteiger partial charge on any atom is -0.744 e. The largest absolute Gasteiger partial charge is 1.00 e. The van der Waals surface area contributed by atoms with Crippen LogP contribution in [0.25, 0.3) is 10.8 Å². The zero-order chi connectivity index (χ0) is 28.5. The molecule has 0 bridgehead atoms. The maximum absolute atomic E-state index is 12.0. The molecule has 41 heavy (non-hydrogen) atoms. The van der Waals surface area contributed by atoms with Crippen LogP contribution in [0.15, 0.2) is 97.0 Å². The standard InChI is InChI=1S/C22H16N6O9S2.2Na/c23-19-18-12(10-17(39(35,36)37)21(22(18)29)27-24-13-5-2-1-3-6-13)9-16(38(32,33)34)20(19)26-25-14-7-4-8-15(11-14)28(30)31;;/h1-11,29H,23H2,(H,32,33,34)(H,35,36,37);;/q;2*+1/p-2/b26-25+,27-24+;;. The van der Waals surface area contributed by atoms with Gasteiger partial charge in [-0.3, -0.25) is 10.1 Å². The summed E-state index contributed by atoms with van der Waals surface area (Å²) in [6.07, 6.45) is 0. The van der Waals surface area contributed by atoms with Gasteiger partial charge in [-0.05, 0) is 35.7 Å². The molecule has 0 spiro atoms. The van der Waals surface area contributed by atoms with Gasteiger partial charge in [-0.25, -0.2) is 16.8 Å². The summed E-state index contributed by atoms with van der Waals surface area (Å²) in [6, 6.07) is 14.0. The number of nitrogen functional groups attached to an aromatic ring is 1. The van der Waals surface area contributed by atoms with Gasteiger partial charge in [-0.2, -0.15) is 10.2 Å². The number of fused-ring (bicyclic) bond motifs is 1. The van der Waals surface area contributed by atoms with Gasteiger partial charge in [0.25, 0.3) is 5.69 Å². The van der Waals surface area contributed by atoms with Gasteiger partial charge >= 0.3 is 59.1 Å². The van der Waals surface area contributed by atoms with Crippen molar-refractivity contribution in [2.45, 2.75) is 9.79 Å². The molecule has 0 heterocycles. The maximum atomic E-state index is 12.0. The molecule has 4 rings (SSSR count). The zero-order valence-corrected chi connectivity index (χ0v) is 26.8. The molecule has 19 heteroatoms. The number of nitro benzene ring substituents is 1. The van der Waals surface area contributed by atoms with Crippen molar-refractivity contribution < 1.29 is 95.1 Å². The maximum Gasteiger partial charge on any atom is 1.00 e. The fourth-order valence-electron chi connectivity index (χ4n) is 3.47. The molecule has 4 aromatic rings. The summed E-state index contributed by atoms with van der Waals surface area (Å²) in [6.45, 7) is 0. The van der Waals surface area contributed by atoms with E-state index < -0.39 is 68.5 Å². The number of anilines is 1. The van der Waals surface area contributed by atoms with Crippen LogP contribution in [0.4, 0.5) is 34.1 Å². The Bertz CT molecular complexity index is 1920. The quantitative estimate of drug-likeness (QED) is 0.0618. The molecule has 0 unspecified atom stereocenters.